The lowest BCUT2D eigenvalue weighted by molar-refractivity contribution is -0.627. The fourth-order valence-corrected chi connectivity index (χ4v) is 4.47. The van der Waals surface area contributed by atoms with Crippen LogP contribution < -0.4 is 10.1 Å². The van der Waals surface area contributed by atoms with Crippen molar-refractivity contribution >= 4 is 15.1 Å². The van der Waals surface area contributed by atoms with E-state index in [2.05, 4.69) is 6.92 Å². The van der Waals surface area contributed by atoms with Crippen LogP contribution in [0.15, 0.2) is 24.3 Å². The third kappa shape index (κ3) is 18.7. The lowest BCUT2D eigenvalue weighted by Crippen LogP contribution is -2.79. The summed E-state index contributed by atoms with van der Waals surface area (Å²) in [6, 6.07) is 7.83. The fourth-order valence-electron chi connectivity index (χ4n) is 3.82. The summed E-state index contributed by atoms with van der Waals surface area (Å²) in [5.74, 6) is 0.820. The minimum atomic E-state index is -1.98. The zero-order valence-electron chi connectivity index (χ0n) is 22.0. The minimum Gasteiger partial charge on any atom is -0.494 e. The number of ether oxygens (including phenoxy) is 2. The van der Waals surface area contributed by atoms with Crippen LogP contribution in [-0.4, -0.2) is 50.9 Å². The van der Waals surface area contributed by atoms with Crippen LogP contribution in [0.5, 0.6) is 5.75 Å². The highest BCUT2D eigenvalue weighted by Gasteiger charge is 2.16. The summed E-state index contributed by atoms with van der Waals surface area (Å²) in [5.41, 5.74) is 0.985. The monoisotopic (exact) mass is 514 g/mol. The van der Waals surface area contributed by atoms with Crippen LogP contribution in [0.4, 0.5) is 0 Å². The van der Waals surface area contributed by atoms with E-state index in [1.165, 1.54) is 64.2 Å². The Hall–Kier alpha value is -1.24. The molecule has 35 heavy (non-hydrogen) atoms. The first kappa shape index (κ1) is 31.8. The van der Waals surface area contributed by atoms with Crippen LogP contribution >= 0.6 is 8.60 Å². The molecule has 0 saturated heterocycles. The Morgan fingerprint density at radius 2 is 1.63 bits per heavy atom. The first-order chi connectivity index (χ1) is 17.2. The molecule has 2 unspecified atom stereocenters. The molecule has 0 aromatic heterocycles. The molecule has 0 spiro atoms. The molecule has 0 fully saturated rings. The summed E-state index contributed by atoms with van der Waals surface area (Å²) in [6.45, 7) is 4.82. The van der Waals surface area contributed by atoms with E-state index in [-0.39, 0.29) is 6.61 Å². The summed E-state index contributed by atoms with van der Waals surface area (Å²) in [5, 5.41) is 2.05. The molecule has 0 aliphatic rings. The number of carbonyl (C=O) groups is 1. The maximum absolute atomic E-state index is 10.9. The highest BCUT2D eigenvalue weighted by molar-refractivity contribution is 7.40. The van der Waals surface area contributed by atoms with Crippen LogP contribution in [-0.2, 0) is 25.0 Å². The Morgan fingerprint density at radius 3 is 2.29 bits per heavy atom. The van der Waals surface area contributed by atoms with Gasteiger partial charge in [0.1, 0.15) is 11.9 Å². The van der Waals surface area contributed by atoms with Crippen molar-refractivity contribution in [2.45, 2.75) is 96.5 Å². The predicted octanol–water partition coefficient (Wildman–Crippen LogP) is 5.30. The normalized spacial score (nSPS) is 12.9. The van der Waals surface area contributed by atoms with E-state index in [9.17, 15) is 9.69 Å². The van der Waals surface area contributed by atoms with E-state index in [4.69, 9.17) is 18.5 Å². The van der Waals surface area contributed by atoms with Gasteiger partial charge in [0.05, 0.1) is 33.4 Å². The van der Waals surface area contributed by atoms with Crippen molar-refractivity contribution in [1.29, 1.82) is 0 Å². The second-order valence-electron chi connectivity index (χ2n) is 9.01. The maximum Gasteiger partial charge on any atom is 0.329 e. The number of rotatable bonds is 25. The Balaban J connectivity index is 2.21. The minimum absolute atomic E-state index is 0.0741. The van der Waals surface area contributed by atoms with Crippen LogP contribution in [0, 0.1) is 0 Å². The first-order valence-electron chi connectivity index (χ1n) is 13.5. The SMILES string of the molecule is CCCCCCCCCCCCCOc1cccc(CC(COP(O)OCCC[NH2+]C)OC=O)c1. The number of hydrogen-bond donors (Lipinski definition) is 2. The van der Waals surface area contributed by atoms with E-state index in [1.54, 1.807) is 0 Å². The van der Waals surface area contributed by atoms with Crippen molar-refractivity contribution in [2.75, 3.05) is 33.4 Å². The summed E-state index contributed by atoms with van der Waals surface area (Å²) < 4.78 is 21.7. The number of unbranched alkanes of at least 4 members (excludes halogenated alkanes) is 10. The zero-order chi connectivity index (χ0) is 25.4. The Labute approximate surface area is 214 Å². The molecule has 0 bridgehead atoms. The quantitative estimate of drug-likeness (QED) is 0.105. The Morgan fingerprint density at radius 1 is 0.943 bits per heavy atom. The second kappa shape index (κ2) is 23.2. The summed E-state index contributed by atoms with van der Waals surface area (Å²) in [4.78, 5) is 20.8. The number of hydrogen-bond acceptors (Lipinski definition) is 6. The lowest BCUT2D eigenvalue weighted by atomic mass is 10.1. The van der Waals surface area contributed by atoms with Gasteiger partial charge >= 0.3 is 8.60 Å². The Bertz CT molecular complexity index is 621. The maximum atomic E-state index is 10.9. The van der Waals surface area contributed by atoms with Crippen LogP contribution in [0.2, 0.25) is 0 Å². The van der Waals surface area contributed by atoms with Crippen molar-refractivity contribution < 1.29 is 33.5 Å². The number of carbonyl (C=O) groups excluding carboxylic acids is 1. The van der Waals surface area contributed by atoms with Gasteiger partial charge in [-0.3, -0.25) is 4.79 Å². The third-order valence-corrected chi connectivity index (χ3v) is 6.61. The molecule has 2 atom stereocenters. The molecule has 202 valence electrons. The zero-order valence-corrected chi connectivity index (χ0v) is 22.9. The Kier molecular flexibility index (Phi) is 21.1. The average molecular weight is 515 g/mol. The molecule has 8 heteroatoms. The molecular weight excluding hydrogens is 465 g/mol. The lowest BCUT2D eigenvalue weighted by Gasteiger charge is -2.17. The molecule has 0 saturated carbocycles. The van der Waals surface area contributed by atoms with E-state index < -0.39 is 14.7 Å². The molecule has 7 nitrogen and oxygen atoms in total. The molecule has 0 amide bonds. The van der Waals surface area contributed by atoms with Gasteiger partial charge < -0.3 is 28.7 Å². The first-order valence-corrected chi connectivity index (χ1v) is 14.7. The highest BCUT2D eigenvalue weighted by Crippen LogP contribution is 2.33. The van der Waals surface area contributed by atoms with E-state index in [1.807, 2.05) is 36.6 Å². The van der Waals surface area contributed by atoms with Gasteiger partial charge in [-0.1, -0.05) is 83.3 Å². The molecule has 0 heterocycles. The van der Waals surface area contributed by atoms with Crippen LogP contribution in [0.3, 0.4) is 0 Å². The predicted molar refractivity (Wildman–Crippen MR) is 141 cm³/mol. The standard InChI is InChI=1S/C27H48NO6P/c1-3-4-5-6-7-8-9-10-11-12-13-19-31-26-17-14-16-25(21-26)22-27(32-24-29)23-34-35(30)33-20-15-18-28-2/h14,16-17,21,24,27-28,30H,3-13,15,18-20,22-23H2,1-2H3/p+1. The summed E-state index contributed by atoms with van der Waals surface area (Å²) in [6.07, 6.45) is 15.3. The average Bonchev–Trinajstić information content (AvgIpc) is 2.86. The van der Waals surface area contributed by atoms with Gasteiger partial charge in [0, 0.05) is 12.8 Å². The van der Waals surface area contributed by atoms with Crippen molar-refractivity contribution in [3.05, 3.63) is 29.8 Å². The number of benzene rings is 1. The molecule has 0 aliphatic heterocycles. The van der Waals surface area contributed by atoms with Crippen molar-refractivity contribution in [3.63, 3.8) is 0 Å². The van der Waals surface area contributed by atoms with Crippen molar-refractivity contribution in [2.24, 2.45) is 0 Å². The smallest absolute Gasteiger partial charge is 0.329 e. The van der Waals surface area contributed by atoms with Gasteiger partial charge in [0.25, 0.3) is 6.47 Å². The molecule has 1 rings (SSSR count). The topological polar surface area (TPSA) is 90.8 Å². The van der Waals surface area contributed by atoms with Crippen LogP contribution in [0.1, 0.15) is 89.5 Å². The largest absolute Gasteiger partial charge is 0.494 e. The molecule has 0 radical (unpaired) electrons. The second-order valence-corrected chi connectivity index (χ2v) is 10.00. The molecule has 1 aromatic carbocycles. The van der Waals surface area contributed by atoms with E-state index in [0.29, 0.717) is 26.1 Å². The third-order valence-electron chi connectivity index (χ3n) is 5.84. The van der Waals surface area contributed by atoms with Gasteiger partial charge in [-0.25, -0.2) is 0 Å². The van der Waals surface area contributed by atoms with Gasteiger partial charge in [0.15, 0.2) is 0 Å². The summed E-state index contributed by atoms with van der Waals surface area (Å²) >= 11 is 0. The highest BCUT2D eigenvalue weighted by atomic mass is 31.2. The molecule has 1 aromatic rings. The van der Waals surface area contributed by atoms with Gasteiger partial charge in [-0.2, -0.15) is 0 Å². The molecule has 0 aliphatic carbocycles. The van der Waals surface area contributed by atoms with E-state index in [0.717, 1.165) is 30.7 Å². The summed E-state index contributed by atoms with van der Waals surface area (Å²) in [7, 11) is 0.00801. The number of nitrogens with two attached hydrogens (primary N) is 1. The van der Waals surface area contributed by atoms with Crippen LogP contribution in [0.25, 0.3) is 0 Å². The van der Waals surface area contributed by atoms with Crippen molar-refractivity contribution in [1.82, 2.24) is 0 Å². The molecule has 3 N–H and O–H groups in total. The van der Waals surface area contributed by atoms with Gasteiger partial charge in [0.2, 0.25) is 0 Å². The number of quaternary nitrogens is 1. The molecular formula is C27H49NO6P+. The van der Waals surface area contributed by atoms with Gasteiger partial charge in [-0.05, 0) is 24.1 Å². The van der Waals surface area contributed by atoms with Gasteiger partial charge in [-0.15, -0.1) is 0 Å². The fraction of sp³-hybridized carbons (Fsp3) is 0.741. The van der Waals surface area contributed by atoms with Crippen molar-refractivity contribution in [3.8, 4) is 5.75 Å². The van der Waals surface area contributed by atoms with E-state index >= 15 is 0 Å².